The van der Waals surface area contributed by atoms with E-state index >= 15 is 0 Å². The molecule has 26 heavy (non-hydrogen) atoms. The fourth-order valence-corrected chi connectivity index (χ4v) is 4.23. The van der Waals surface area contributed by atoms with E-state index in [0.29, 0.717) is 18.8 Å². The van der Waals surface area contributed by atoms with Gasteiger partial charge in [0, 0.05) is 17.7 Å². The van der Waals surface area contributed by atoms with Crippen LogP contribution in [0.5, 0.6) is 5.75 Å². The molecule has 0 spiro atoms. The second kappa shape index (κ2) is 8.84. The van der Waals surface area contributed by atoms with Gasteiger partial charge in [-0.05, 0) is 32.4 Å². The van der Waals surface area contributed by atoms with E-state index in [-0.39, 0.29) is 11.5 Å². The van der Waals surface area contributed by atoms with Crippen LogP contribution in [0.1, 0.15) is 25.8 Å². The van der Waals surface area contributed by atoms with Crippen molar-refractivity contribution in [3.8, 4) is 5.75 Å². The lowest BCUT2D eigenvalue weighted by molar-refractivity contribution is -0.150. The molecule has 2 atom stereocenters. The number of carbonyl (C=O) groups is 2. The third kappa shape index (κ3) is 5.87. The zero-order chi connectivity index (χ0) is 19.2. The van der Waals surface area contributed by atoms with Crippen LogP contribution in [-0.2, 0) is 24.2 Å². The molecule has 1 aromatic carbocycles. The maximum absolute atomic E-state index is 12.0. The summed E-state index contributed by atoms with van der Waals surface area (Å²) >= 11 is 0. The van der Waals surface area contributed by atoms with Crippen molar-refractivity contribution in [2.75, 3.05) is 18.1 Å². The van der Waals surface area contributed by atoms with E-state index in [1.54, 1.807) is 18.2 Å². The van der Waals surface area contributed by atoms with Crippen LogP contribution in [0.3, 0.4) is 0 Å². The van der Waals surface area contributed by atoms with Crippen LogP contribution in [0.4, 0.5) is 0 Å². The molecule has 8 heteroatoms. The largest absolute Gasteiger partial charge is 0.493 e. The van der Waals surface area contributed by atoms with Crippen molar-refractivity contribution < 1.29 is 27.5 Å². The summed E-state index contributed by atoms with van der Waals surface area (Å²) in [6, 6.07) is 6.81. The number of hydrogen-bond donors (Lipinski definition) is 1. The molecule has 1 N–H and O–H groups in total. The van der Waals surface area contributed by atoms with Gasteiger partial charge in [-0.1, -0.05) is 18.2 Å². The first-order valence-corrected chi connectivity index (χ1v) is 10.2. The molecule has 0 bridgehead atoms. The number of esters is 1. The van der Waals surface area contributed by atoms with Crippen molar-refractivity contribution in [1.82, 2.24) is 5.32 Å². The highest BCUT2D eigenvalue weighted by Gasteiger charge is 2.30. The van der Waals surface area contributed by atoms with Gasteiger partial charge in [-0.3, -0.25) is 4.79 Å². The van der Waals surface area contributed by atoms with Crippen LogP contribution in [-0.4, -0.2) is 50.6 Å². The second-order valence-electron chi connectivity index (χ2n) is 5.99. The summed E-state index contributed by atoms with van der Waals surface area (Å²) in [4.78, 5) is 23.9. The average molecular weight is 381 g/mol. The summed E-state index contributed by atoms with van der Waals surface area (Å²) in [7, 11) is -3.08. The van der Waals surface area contributed by atoms with Gasteiger partial charge in [-0.25, -0.2) is 13.2 Å². The highest BCUT2D eigenvalue weighted by molar-refractivity contribution is 7.91. The van der Waals surface area contributed by atoms with Crippen LogP contribution in [0.2, 0.25) is 0 Å². The number of para-hydroxylation sites is 1. The van der Waals surface area contributed by atoms with E-state index in [9.17, 15) is 18.0 Å². The molecule has 0 unspecified atom stereocenters. The van der Waals surface area contributed by atoms with E-state index in [1.165, 1.54) is 13.0 Å². The first-order chi connectivity index (χ1) is 12.3. The van der Waals surface area contributed by atoms with Crippen molar-refractivity contribution >= 4 is 27.8 Å². The minimum atomic E-state index is -3.08. The molecule has 1 heterocycles. The van der Waals surface area contributed by atoms with Crippen LogP contribution in [0, 0.1) is 0 Å². The molecule has 0 aromatic heterocycles. The Bertz CT molecular complexity index is 787. The fourth-order valence-electron chi connectivity index (χ4n) is 2.56. The maximum atomic E-state index is 12.0. The molecule has 0 radical (unpaired) electrons. The van der Waals surface area contributed by atoms with Gasteiger partial charge in [0.15, 0.2) is 15.9 Å². The van der Waals surface area contributed by atoms with Gasteiger partial charge in [0.25, 0.3) is 5.91 Å². The third-order valence-electron chi connectivity index (χ3n) is 3.86. The topological polar surface area (TPSA) is 98.8 Å². The molecule has 1 amide bonds. The lowest BCUT2D eigenvalue weighted by Gasteiger charge is -2.15. The van der Waals surface area contributed by atoms with Crippen LogP contribution in [0.25, 0.3) is 6.08 Å². The van der Waals surface area contributed by atoms with Gasteiger partial charge < -0.3 is 14.8 Å². The van der Waals surface area contributed by atoms with Gasteiger partial charge in [0.05, 0.1) is 18.1 Å². The first kappa shape index (κ1) is 20.0. The highest BCUT2D eigenvalue weighted by atomic mass is 32.2. The lowest BCUT2D eigenvalue weighted by atomic mass is 10.2. The Balaban J connectivity index is 1.88. The van der Waals surface area contributed by atoms with Gasteiger partial charge in [0.2, 0.25) is 0 Å². The number of nitrogens with one attached hydrogen (secondary N) is 1. The minimum absolute atomic E-state index is 0.0636. The summed E-state index contributed by atoms with van der Waals surface area (Å²) in [5.41, 5.74) is 0.722. The Morgan fingerprint density at radius 1 is 1.35 bits per heavy atom. The quantitative estimate of drug-likeness (QED) is 0.565. The Morgan fingerprint density at radius 2 is 2.08 bits per heavy atom. The van der Waals surface area contributed by atoms with Gasteiger partial charge in [-0.2, -0.15) is 0 Å². The third-order valence-corrected chi connectivity index (χ3v) is 5.63. The number of hydrogen-bond acceptors (Lipinski definition) is 6. The minimum Gasteiger partial charge on any atom is -0.493 e. The fraction of sp³-hybridized carbons (Fsp3) is 0.444. The summed E-state index contributed by atoms with van der Waals surface area (Å²) < 4.78 is 33.3. The first-order valence-electron chi connectivity index (χ1n) is 8.42. The zero-order valence-electron chi connectivity index (χ0n) is 14.8. The highest BCUT2D eigenvalue weighted by Crippen LogP contribution is 2.19. The molecule has 7 nitrogen and oxygen atoms in total. The number of ether oxygens (including phenoxy) is 2. The Morgan fingerprint density at radius 3 is 2.73 bits per heavy atom. The van der Waals surface area contributed by atoms with Crippen molar-refractivity contribution in [2.45, 2.75) is 32.4 Å². The predicted octanol–water partition coefficient (Wildman–Crippen LogP) is 1.33. The molecule has 1 saturated heterocycles. The van der Waals surface area contributed by atoms with Crippen LogP contribution < -0.4 is 10.1 Å². The van der Waals surface area contributed by atoms with Crippen LogP contribution >= 0.6 is 0 Å². The van der Waals surface area contributed by atoms with E-state index < -0.39 is 33.9 Å². The molecule has 142 valence electrons. The zero-order valence-corrected chi connectivity index (χ0v) is 15.6. The summed E-state index contributed by atoms with van der Waals surface area (Å²) in [5, 5.41) is 2.60. The molecule has 1 aromatic rings. The summed E-state index contributed by atoms with van der Waals surface area (Å²) in [6.45, 7) is 3.81. The van der Waals surface area contributed by atoms with E-state index in [1.807, 2.05) is 19.1 Å². The van der Waals surface area contributed by atoms with Crippen molar-refractivity contribution in [3.63, 3.8) is 0 Å². The molecule has 0 aliphatic carbocycles. The standard InChI is InChI=1S/C18H23NO6S/c1-3-24-16-7-5-4-6-14(16)8-9-17(20)25-13(2)18(21)19-15-10-11-26(22,23)12-15/h4-9,13,15H,3,10-12H2,1-2H3,(H,19,21)/b9-8+/t13-,15-/m0/s1. The average Bonchev–Trinajstić information content (AvgIpc) is 2.92. The normalized spacial score (nSPS) is 19.8. The summed E-state index contributed by atoms with van der Waals surface area (Å²) in [6.07, 6.45) is 2.14. The van der Waals surface area contributed by atoms with E-state index in [0.717, 1.165) is 5.56 Å². The number of sulfone groups is 1. The number of benzene rings is 1. The Hall–Kier alpha value is -2.35. The van der Waals surface area contributed by atoms with Gasteiger partial charge in [0.1, 0.15) is 5.75 Å². The van der Waals surface area contributed by atoms with Crippen LogP contribution in [0.15, 0.2) is 30.3 Å². The summed E-state index contributed by atoms with van der Waals surface area (Å²) in [5.74, 6) is -0.546. The van der Waals surface area contributed by atoms with Crippen molar-refractivity contribution in [2.24, 2.45) is 0 Å². The Labute approximate surface area is 153 Å². The molecule has 1 fully saturated rings. The number of rotatable bonds is 7. The Kier molecular flexibility index (Phi) is 6.79. The van der Waals surface area contributed by atoms with Gasteiger partial charge >= 0.3 is 5.97 Å². The van der Waals surface area contributed by atoms with Crippen molar-refractivity contribution in [3.05, 3.63) is 35.9 Å². The SMILES string of the molecule is CCOc1ccccc1/C=C/C(=O)O[C@@H](C)C(=O)N[C@H]1CCS(=O)(=O)C1. The molecular formula is C18H23NO6S. The van der Waals surface area contributed by atoms with Gasteiger partial charge in [-0.15, -0.1) is 0 Å². The monoisotopic (exact) mass is 381 g/mol. The smallest absolute Gasteiger partial charge is 0.331 e. The number of amides is 1. The number of carbonyl (C=O) groups excluding carboxylic acids is 2. The molecule has 2 rings (SSSR count). The van der Waals surface area contributed by atoms with Crippen molar-refractivity contribution in [1.29, 1.82) is 0 Å². The second-order valence-corrected chi connectivity index (χ2v) is 8.22. The molecular weight excluding hydrogens is 358 g/mol. The lowest BCUT2D eigenvalue weighted by Crippen LogP contribution is -2.42. The molecule has 0 saturated carbocycles. The molecule has 1 aliphatic heterocycles. The molecule has 1 aliphatic rings. The maximum Gasteiger partial charge on any atom is 0.331 e. The van der Waals surface area contributed by atoms with E-state index in [2.05, 4.69) is 5.32 Å². The van der Waals surface area contributed by atoms with E-state index in [4.69, 9.17) is 9.47 Å². The predicted molar refractivity (Wildman–Crippen MR) is 97.4 cm³/mol.